The van der Waals surface area contributed by atoms with Crippen molar-refractivity contribution in [3.8, 4) is 0 Å². The Morgan fingerprint density at radius 2 is 1.86 bits per heavy atom. The number of nitrogens with zero attached hydrogens (tertiary/aromatic N) is 1. The summed E-state index contributed by atoms with van der Waals surface area (Å²) in [6, 6.07) is 9.34. The predicted molar refractivity (Wildman–Crippen MR) is 83.8 cm³/mol. The van der Waals surface area contributed by atoms with Crippen LogP contribution < -0.4 is 0 Å². The van der Waals surface area contributed by atoms with Crippen molar-refractivity contribution in [2.75, 3.05) is 0 Å². The third-order valence-corrected chi connectivity index (χ3v) is 3.28. The van der Waals surface area contributed by atoms with Crippen molar-refractivity contribution in [1.82, 2.24) is 0 Å². The molecule has 2 aromatic carbocycles. The minimum atomic E-state index is -1.31. The zero-order chi connectivity index (χ0) is 16.3. The lowest BCUT2D eigenvalue weighted by molar-refractivity contribution is 0.0651. The van der Waals surface area contributed by atoms with Gasteiger partial charge in [0, 0.05) is 16.8 Å². The minimum Gasteiger partial charge on any atom is -0.478 e. The summed E-state index contributed by atoms with van der Waals surface area (Å²) < 4.78 is 0. The second-order valence-electron chi connectivity index (χ2n) is 4.57. The van der Waals surface area contributed by atoms with E-state index < -0.39 is 11.9 Å². The van der Waals surface area contributed by atoms with Crippen LogP contribution in [0, 0.1) is 6.92 Å². The van der Waals surface area contributed by atoms with Crippen LogP contribution in [0.5, 0.6) is 0 Å². The van der Waals surface area contributed by atoms with Gasteiger partial charge in [0.05, 0.1) is 16.8 Å². The highest BCUT2D eigenvalue weighted by Gasteiger charge is 2.18. The van der Waals surface area contributed by atoms with Crippen molar-refractivity contribution >= 4 is 35.4 Å². The molecule has 0 saturated carbocycles. The topological polar surface area (TPSA) is 87.0 Å². The molecule has 5 nitrogen and oxygen atoms in total. The fourth-order valence-electron chi connectivity index (χ4n) is 2.00. The Balaban J connectivity index is 2.49. The fourth-order valence-corrected chi connectivity index (χ4v) is 2.22. The van der Waals surface area contributed by atoms with E-state index in [-0.39, 0.29) is 16.7 Å². The molecule has 0 saturated heterocycles. The Morgan fingerprint density at radius 1 is 1.14 bits per heavy atom. The summed E-state index contributed by atoms with van der Waals surface area (Å²) in [7, 11) is 0. The number of aromatic carboxylic acids is 2. The third-order valence-electron chi connectivity index (χ3n) is 3.04. The molecule has 0 unspecified atom stereocenters. The molecule has 0 heterocycles. The van der Waals surface area contributed by atoms with Crippen LogP contribution in [0.1, 0.15) is 31.8 Å². The highest BCUT2D eigenvalue weighted by molar-refractivity contribution is 6.30. The first kappa shape index (κ1) is 15.7. The van der Waals surface area contributed by atoms with Gasteiger partial charge >= 0.3 is 11.9 Å². The summed E-state index contributed by atoms with van der Waals surface area (Å²) in [5.41, 5.74) is 1.12. The summed E-state index contributed by atoms with van der Waals surface area (Å²) in [6.07, 6.45) is 1.34. The van der Waals surface area contributed by atoms with Gasteiger partial charge in [-0.1, -0.05) is 23.7 Å². The summed E-state index contributed by atoms with van der Waals surface area (Å²) in [6.45, 7) is 1.82. The van der Waals surface area contributed by atoms with E-state index in [0.29, 0.717) is 10.7 Å². The summed E-state index contributed by atoms with van der Waals surface area (Å²) in [4.78, 5) is 26.7. The number of rotatable bonds is 4. The average molecular weight is 318 g/mol. The number of carboxylic acids is 2. The Bertz CT molecular complexity index is 784. The molecule has 0 spiro atoms. The number of aryl methyl sites for hydroxylation is 1. The number of hydrogen-bond donors (Lipinski definition) is 2. The van der Waals surface area contributed by atoms with E-state index >= 15 is 0 Å². The molecule has 0 aliphatic rings. The molecule has 0 fully saturated rings. The van der Waals surface area contributed by atoms with Crippen LogP contribution in [0.15, 0.2) is 41.4 Å². The highest BCUT2D eigenvalue weighted by atomic mass is 35.5. The van der Waals surface area contributed by atoms with Gasteiger partial charge in [0.25, 0.3) is 0 Å². The molecule has 0 amide bonds. The molecule has 2 rings (SSSR count). The molecular weight excluding hydrogens is 306 g/mol. The van der Waals surface area contributed by atoms with E-state index in [4.69, 9.17) is 16.7 Å². The smallest absolute Gasteiger partial charge is 0.337 e. The molecule has 22 heavy (non-hydrogen) atoms. The lowest BCUT2D eigenvalue weighted by atomic mass is 10.0. The van der Waals surface area contributed by atoms with Crippen molar-refractivity contribution in [1.29, 1.82) is 0 Å². The molecule has 2 aromatic rings. The molecule has 0 aromatic heterocycles. The molecule has 0 atom stereocenters. The van der Waals surface area contributed by atoms with Crippen molar-refractivity contribution < 1.29 is 19.8 Å². The Kier molecular flexibility index (Phi) is 4.58. The van der Waals surface area contributed by atoms with E-state index in [1.807, 2.05) is 6.92 Å². The van der Waals surface area contributed by atoms with Crippen LogP contribution in [-0.4, -0.2) is 28.4 Å². The molecular formula is C16H12ClNO4. The lowest BCUT2D eigenvalue weighted by Gasteiger charge is -2.05. The maximum atomic E-state index is 11.3. The van der Waals surface area contributed by atoms with E-state index in [2.05, 4.69) is 4.99 Å². The van der Waals surface area contributed by atoms with Crippen LogP contribution >= 0.6 is 11.6 Å². The van der Waals surface area contributed by atoms with Gasteiger partial charge in [-0.3, -0.25) is 4.99 Å². The van der Waals surface area contributed by atoms with Gasteiger partial charge in [0.2, 0.25) is 0 Å². The predicted octanol–water partition coefficient (Wildman–Crippen LogP) is 3.80. The number of hydrogen-bond acceptors (Lipinski definition) is 3. The lowest BCUT2D eigenvalue weighted by Crippen LogP contribution is -2.11. The van der Waals surface area contributed by atoms with Gasteiger partial charge in [-0.05, 0) is 36.8 Å². The van der Waals surface area contributed by atoms with E-state index in [1.54, 1.807) is 18.2 Å². The number of carboxylic acid groups (broad SMARTS) is 2. The maximum absolute atomic E-state index is 11.3. The zero-order valence-electron chi connectivity index (χ0n) is 11.6. The largest absolute Gasteiger partial charge is 0.478 e. The SMILES string of the molecule is Cc1cc(Cl)ccc1/N=C\c1cccc(C(=O)O)c1C(=O)O. The Hall–Kier alpha value is -2.66. The van der Waals surface area contributed by atoms with Crippen molar-refractivity contribution in [3.63, 3.8) is 0 Å². The van der Waals surface area contributed by atoms with Crippen LogP contribution in [0.3, 0.4) is 0 Å². The fraction of sp³-hybridized carbons (Fsp3) is 0.0625. The molecule has 0 aliphatic carbocycles. The van der Waals surface area contributed by atoms with Crippen molar-refractivity contribution in [3.05, 3.63) is 63.7 Å². The van der Waals surface area contributed by atoms with Crippen molar-refractivity contribution in [2.24, 2.45) is 4.99 Å². The summed E-state index contributed by atoms with van der Waals surface area (Å²) in [5.74, 6) is -2.61. The van der Waals surface area contributed by atoms with E-state index in [0.717, 1.165) is 5.56 Å². The van der Waals surface area contributed by atoms with E-state index in [1.165, 1.54) is 24.4 Å². The molecule has 0 bridgehead atoms. The number of halogens is 1. The Morgan fingerprint density at radius 3 is 2.45 bits per heavy atom. The first-order valence-electron chi connectivity index (χ1n) is 6.30. The monoisotopic (exact) mass is 317 g/mol. The van der Waals surface area contributed by atoms with Crippen LogP contribution in [0.4, 0.5) is 5.69 Å². The normalized spacial score (nSPS) is 10.8. The van der Waals surface area contributed by atoms with E-state index in [9.17, 15) is 14.7 Å². The van der Waals surface area contributed by atoms with Gasteiger partial charge in [-0.25, -0.2) is 9.59 Å². The highest BCUT2D eigenvalue weighted by Crippen LogP contribution is 2.23. The standard InChI is InChI=1S/C16H12ClNO4/c1-9-7-11(17)5-6-13(9)18-8-10-3-2-4-12(15(19)20)14(10)16(21)22/h2-8H,1H3,(H,19,20)(H,21,22)/b18-8-. The minimum absolute atomic E-state index is 0.224. The van der Waals surface area contributed by atoms with Crippen LogP contribution in [-0.2, 0) is 0 Å². The van der Waals surface area contributed by atoms with Gasteiger partial charge < -0.3 is 10.2 Å². The summed E-state index contributed by atoms with van der Waals surface area (Å²) >= 11 is 5.86. The van der Waals surface area contributed by atoms with Gasteiger partial charge in [-0.2, -0.15) is 0 Å². The quantitative estimate of drug-likeness (QED) is 0.840. The molecule has 112 valence electrons. The van der Waals surface area contributed by atoms with Crippen LogP contribution in [0.2, 0.25) is 5.02 Å². The first-order valence-corrected chi connectivity index (χ1v) is 6.67. The second-order valence-corrected chi connectivity index (χ2v) is 5.01. The van der Waals surface area contributed by atoms with Gasteiger partial charge in [-0.15, -0.1) is 0 Å². The molecule has 2 N–H and O–H groups in total. The molecule has 6 heteroatoms. The number of aliphatic imine (C=N–C) groups is 1. The number of benzene rings is 2. The maximum Gasteiger partial charge on any atom is 0.337 e. The average Bonchev–Trinajstić information content (AvgIpc) is 2.45. The van der Waals surface area contributed by atoms with Gasteiger partial charge in [0.15, 0.2) is 0 Å². The number of carbonyl (C=O) groups is 2. The zero-order valence-corrected chi connectivity index (χ0v) is 12.3. The van der Waals surface area contributed by atoms with Crippen molar-refractivity contribution in [2.45, 2.75) is 6.92 Å². The van der Waals surface area contributed by atoms with Crippen LogP contribution in [0.25, 0.3) is 0 Å². The van der Waals surface area contributed by atoms with Gasteiger partial charge in [0.1, 0.15) is 0 Å². The second kappa shape index (κ2) is 6.41. The molecule has 0 aliphatic heterocycles. The first-order chi connectivity index (χ1) is 10.4. The Labute approximate surface area is 131 Å². The summed E-state index contributed by atoms with van der Waals surface area (Å²) in [5, 5.41) is 18.9. The molecule has 0 radical (unpaired) electrons. The third kappa shape index (κ3) is 3.32.